The fourth-order valence-corrected chi connectivity index (χ4v) is 1.42. The number of ether oxygens (including phenoxy) is 1. The number of hydrogen-bond acceptors (Lipinski definition) is 3. The molecule has 1 atom stereocenters. The van der Waals surface area contributed by atoms with Gasteiger partial charge < -0.3 is 9.84 Å². The zero-order valence-corrected chi connectivity index (χ0v) is 9.61. The molecule has 3 heteroatoms. The van der Waals surface area contributed by atoms with Crippen LogP contribution >= 0.6 is 11.8 Å². The molecule has 1 N–H and O–H groups in total. The molecule has 0 heterocycles. The third-order valence-electron chi connectivity index (χ3n) is 1.86. The van der Waals surface area contributed by atoms with Gasteiger partial charge in [0.1, 0.15) is 5.75 Å². The first-order chi connectivity index (χ1) is 7.33. The highest BCUT2D eigenvalue weighted by Gasteiger charge is 1.99. The number of rotatable bonds is 6. The second-order valence-electron chi connectivity index (χ2n) is 3.08. The third kappa shape index (κ3) is 5.50. The summed E-state index contributed by atoms with van der Waals surface area (Å²) in [7, 11) is 0. The summed E-state index contributed by atoms with van der Waals surface area (Å²) < 4.78 is 5.46. The normalized spacial score (nSPS) is 12.9. The van der Waals surface area contributed by atoms with Crippen molar-refractivity contribution in [2.75, 3.05) is 12.9 Å². The highest BCUT2D eigenvalue weighted by Crippen LogP contribution is 2.09. The van der Waals surface area contributed by atoms with Gasteiger partial charge in [0.05, 0.1) is 12.7 Å². The van der Waals surface area contributed by atoms with Crippen molar-refractivity contribution >= 4 is 11.8 Å². The summed E-state index contributed by atoms with van der Waals surface area (Å²) >= 11 is 1.58. The molecule has 1 rings (SSSR count). The van der Waals surface area contributed by atoms with Crippen LogP contribution in [0.4, 0.5) is 0 Å². The maximum absolute atomic E-state index is 9.48. The van der Waals surface area contributed by atoms with Crippen LogP contribution in [0, 0.1) is 0 Å². The number of para-hydroxylation sites is 1. The van der Waals surface area contributed by atoms with Crippen LogP contribution in [-0.2, 0) is 0 Å². The highest BCUT2D eigenvalue weighted by atomic mass is 32.2. The van der Waals surface area contributed by atoms with Crippen molar-refractivity contribution in [3.63, 3.8) is 0 Å². The topological polar surface area (TPSA) is 29.5 Å². The van der Waals surface area contributed by atoms with Crippen LogP contribution in [-0.4, -0.2) is 24.1 Å². The number of hydrogen-bond donors (Lipinski definition) is 1. The molecule has 0 aromatic heterocycles. The molecule has 2 nitrogen and oxygen atoms in total. The number of benzene rings is 1. The molecule has 0 aliphatic carbocycles. The fraction of sp³-hybridized carbons (Fsp3) is 0.333. The lowest BCUT2D eigenvalue weighted by Gasteiger charge is -2.07. The maximum atomic E-state index is 9.48. The molecule has 0 bridgehead atoms. The van der Waals surface area contributed by atoms with Gasteiger partial charge in [-0.25, -0.2) is 0 Å². The molecule has 0 fully saturated rings. The Hall–Kier alpha value is -0.930. The molecule has 0 saturated carbocycles. The van der Waals surface area contributed by atoms with E-state index in [0.717, 1.165) is 5.75 Å². The van der Waals surface area contributed by atoms with Gasteiger partial charge in [0.2, 0.25) is 0 Å². The second kappa shape index (κ2) is 7.37. The number of thioether (sulfide) groups is 1. The van der Waals surface area contributed by atoms with Crippen molar-refractivity contribution in [2.24, 2.45) is 0 Å². The van der Waals surface area contributed by atoms with Crippen LogP contribution in [0.5, 0.6) is 5.75 Å². The predicted molar refractivity (Wildman–Crippen MR) is 65.2 cm³/mol. The van der Waals surface area contributed by atoms with Crippen LogP contribution in [0.1, 0.15) is 6.42 Å². The quantitative estimate of drug-likeness (QED) is 0.805. The molecular weight excluding hydrogens is 208 g/mol. The third-order valence-corrected chi connectivity index (χ3v) is 2.29. The van der Waals surface area contributed by atoms with Crippen molar-refractivity contribution in [1.82, 2.24) is 0 Å². The van der Waals surface area contributed by atoms with Gasteiger partial charge in [-0.05, 0) is 29.9 Å². The molecule has 15 heavy (non-hydrogen) atoms. The smallest absolute Gasteiger partial charge is 0.119 e. The minimum absolute atomic E-state index is 0.416. The van der Waals surface area contributed by atoms with Crippen LogP contribution in [0.3, 0.4) is 0 Å². The monoisotopic (exact) mass is 224 g/mol. The zero-order valence-electron chi connectivity index (χ0n) is 8.80. The summed E-state index contributed by atoms with van der Waals surface area (Å²) in [5.74, 6) is 0.846. The Balaban J connectivity index is 2.19. The molecule has 0 amide bonds. The van der Waals surface area contributed by atoms with Gasteiger partial charge in [0.15, 0.2) is 0 Å². The average molecular weight is 224 g/mol. The highest BCUT2D eigenvalue weighted by molar-refractivity contribution is 8.01. The summed E-state index contributed by atoms with van der Waals surface area (Å²) in [6, 6.07) is 9.62. The Kier molecular flexibility index (Phi) is 5.97. The van der Waals surface area contributed by atoms with Crippen LogP contribution in [0.25, 0.3) is 0 Å². The Labute approximate surface area is 95.0 Å². The molecule has 0 aliphatic rings. The minimum atomic E-state index is -0.416. The summed E-state index contributed by atoms with van der Waals surface area (Å²) in [4.78, 5) is 0. The van der Waals surface area contributed by atoms with E-state index in [2.05, 4.69) is 0 Å². The number of aliphatic hydroxyl groups is 1. The Morgan fingerprint density at radius 3 is 2.80 bits per heavy atom. The van der Waals surface area contributed by atoms with E-state index in [4.69, 9.17) is 4.74 Å². The zero-order chi connectivity index (χ0) is 10.9. The Morgan fingerprint density at radius 1 is 1.40 bits per heavy atom. The standard InChI is InChI=1S/C12H16O2S/c1-15-10-8-11(13)7-9-14-12-5-3-2-4-6-12/h2-6,8,10-11,13H,7,9H2,1H3/b10-8+. The Morgan fingerprint density at radius 2 is 2.13 bits per heavy atom. The summed E-state index contributed by atoms with van der Waals surface area (Å²) in [6.07, 6.45) is 3.94. The molecule has 1 aromatic carbocycles. The van der Waals surface area contributed by atoms with Crippen molar-refractivity contribution < 1.29 is 9.84 Å². The second-order valence-corrected chi connectivity index (χ2v) is 3.83. The van der Waals surface area contributed by atoms with Crippen molar-refractivity contribution in [1.29, 1.82) is 0 Å². The lowest BCUT2D eigenvalue weighted by atomic mass is 10.2. The van der Waals surface area contributed by atoms with E-state index in [9.17, 15) is 5.11 Å². The van der Waals surface area contributed by atoms with E-state index in [1.165, 1.54) is 0 Å². The van der Waals surface area contributed by atoms with Gasteiger partial charge in [0, 0.05) is 6.42 Å². The first-order valence-corrected chi connectivity index (χ1v) is 6.17. The van der Waals surface area contributed by atoms with Gasteiger partial charge >= 0.3 is 0 Å². The van der Waals surface area contributed by atoms with E-state index < -0.39 is 6.10 Å². The molecule has 0 aliphatic heterocycles. The van der Waals surface area contributed by atoms with Gasteiger partial charge in [-0.1, -0.05) is 18.2 Å². The molecule has 0 spiro atoms. The van der Waals surface area contributed by atoms with Crippen molar-refractivity contribution in [2.45, 2.75) is 12.5 Å². The average Bonchev–Trinajstić information content (AvgIpc) is 2.28. The summed E-state index contributed by atoms with van der Waals surface area (Å²) in [6.45, 7) is 0.532. The Bertz CT molecular complexity index is 285. The molecule has 82 valence electrons. The predicted octanol–water partition coefficient (Wildman–Crippen LogP) is 2.69. The van der Waals surface area contributed by atoms with Gasteiger partial charge in [-0.2, -0.15) is 0 Å². The molecular formula is C12H16O2S. The van der Waals surface area contributed by atoms with Crippen LogP contribution < -0.4 is 4.74 Å². The van der Waals surface area contributed by atoms with Crippen molar-refractivity contribution in [3.8, 4) is 5.75 Å². The van der Waals surface area contributed by atoms with Crippen molar-refractivity contribution in [3.05, 3.63) is 41.8 Å². The SMILES string of the molecule is CS/C=C/C(O)CCOc1ccccc1. The van der Waals surface area contributed by atoms with Gasteiger partial charge in [-0.15, -0.1) is 11.8 Å². The van der Waals surface area contributed by atoms with Crippen LogP contribution in [0.15, 0.2) is 41.8 Å². The van der Waals surface area contributed by atoms with E-state index in [1.807, 2.05) is 42.0 Å². The fourth-order valence-electron chi connectivity index (χ4n) is 1.08. The lowest BCUT2D eigenvalue weighted by Crippen LogP contribution is -2.08. The van der Waals surface area contributed by atoms with E-state index >= 15 is 0 Å². The molecule has 1 aromatic rings. The summed E-state index contributed by atoms with van der Waals surface area (Å²) in [5, 5.41) is 11.4. The van der Waals surface area contributed by atoms with E-state index in [1.54, 1.807) is 17.8 Å². The van der Waals surface area contributed by atoms with E-state index in [-0.39, 0.29) is 0 Å². The first-order valence-electron chi connectivity index (χ1n) is 4.88. The minimum Gasteiger partial charge on any atom is -0.493 e. The lowest BCUT2D eigenvalue weighted by molar-refractivity contribution is 0.178. The van der Waals surface area contributed by atoms with Crippen LogP contribution in [0.2, 0.25) is 0 Å². The molecule has 0 radical (unpaired) electrons. The molecule has 0 saturated heterocycles. The van der Waals surface area contributed by atoms with Gasteiger partial charge in [-0.3, -0.25) is 0 Å². The number of aliphatic hydroxyl groups excluding tert-OH is 1. The molecule has 1 unspecified atom stereocenters. The van der Waals surface area contributed by atoms with E-state index in [0.29, 0.717) is 13.0 Å². The van der Waals surface area contributed by atoms with Gasteiger partial charge in [0.25, 0.3) is 0 Å². The maximum Gasteiger partial charge on any atom is 0.119 e. The largest absolute Gasteiger partial charge is 0.493 e. The summed E-state index contributed by atoms with van der Waals surface area (Å²) in [5.41, 5.74) is 0. The first kappa shape index (κ1) is 12.1.